The number of aromatic nitrogens is 1. The molecule has 0 fully saturated rings. The van der Waals surface area contributed by atoms with Crippen molar-refractivity contribution in [2.24, 2.45) is 7.05 Å². The van der Waals surface area contributed by atoms with E-state index in [1.165, 1.54) is 22.9 Å². The maximum atomic E-state index is 12.0. The number of benzene rings is 1. The molecule has 0 saturated carbocycles. The molecule has 1 heterocycles. The van der Waals surface area contributed by atoms with Crippen molar-refractivity contribution in [2.45, 2.75) is 5.92 Å². The van der Waals surface area contributed by atoms with E-state index < -0.39 is 17.8 Å². The van der Waals surface area contributed by atoms with Crippen LogP contribution in [0.1, 0.15) is 21.8 Å². The van der Waals surface area contributed by atoms with Crippen LogP contribution in [0.5, 0.6) is 0 Å². The molecule has 2 aromatic rings. The summed E-state index contributed by atoms with van der Waals surface area (Å²) in [4.78, 5) is 34.7. The third-order valence-electron chi connectivity index (χ3n) is 3.31. The Morgan fingerprint density at radius 2 is 1.86 bits per heavy atom. The summed E-state index contributed by atoms with van der Waals surface area (Å²) < 4.78 is 1.29. The number of nitrogens with zero attached hydrogens (tertiary/aromatic N) is 1. The summed E-state index contributed by atoms with van der Waals surface area (Å²) in [5.41, 5.74) is 0.708. The first kappa shape index (κ1) is 15.5. The first-order valence-electron chi connectivity index (χ1n) is 6.71. The highest BCUT2D eigenvalue weighted by Crippen LogP contribution is 2.14. The van der Waals surface area contributed by atoms with Crippen LogP contribution in [0, 0.1) is 0 Å². The Morgan fingerprint density at radius 1 is 1.18 bits per heavy atom. The monoisotopic (exact) mass is 300 g/mol. The van der Waals surface area contributed by atoms with Crippen molar-refractivity contribution in [1.82, 2.24) is 9.88 Å². The van der Waals surface area contributed by atoms with Gasteiger partial charge in [0, 0.05) is 25.9 Å². The average molecular weight is 300 g/mol. The molecule has 2 rings (SSSR count). The van der Waals surface area contributed by atoms with E-state index >= 15 is 0 Å². The summed E-state index contributed by atoms with van der Waals surface area (Å²) in [6.07, 6.45) is 1.41. The second kappa shape index (κ2) is 6.71. The number of rotatable bonds is 5. The lowest BCUT2D eigenvalue weighted by Crippen LogP contribution is -2.32. The second-order valence-corrected chi connectivity index (χ2v) is 4.88. The second-order valence-electron chi connectivity index (χ2n) is 4.88. The van der Waals surface area contributed by atoms with Crippen LogP contribution < -0.4 is 10.9 Å². The van der Waals surface area contributed by atoms with Crippen molar-refractivity contribution in [3.63, 3.8) is 0 Å². The van der Waals surface area contributed by atoms with Gasteiger partial charge in [-0.2, -0.15) is 0 Å². The number of carboxylic acid groups (broad SMARTS) is 1. The molecule has 6 nitrogen and oxygen atoms in total. The molecule has 0 aliphatic rings. The fourth-order valence-corrected chi connectivity index (χ4v) is 2.06. The van der Waals surface area contributed by atoms with Gasteiger partial charge < -0.3 is 15.0 Å². The number of carboxylic acids is 1. The Labute approximate surface area is 127 Å². The molecular weight excluding hydrogens is 284 g/mol. The number of hydrogen-bond acceptors (Lipinski definition) is 3. The summed E-state index contributed by atoms with van der Waals surface area (Å²) >= 11 is 0. The number of hydrogen-bond donors (Lipinski definition) is 2. The summed E-state index contributed by atoms with van der Waals surface area (Å²) in [5, 5.41) is 11.9. The van der Waals surface area contributed by atoms with Gasteiger partial charge in [0.05, 0.1) is 11.5 Å². The SMILES string of the molecule is Cn1cc(C(=O)NCC(C(=O)O)c2ccccc2)ccc1=O. The predicted molar refractivity (Wildman–Crippen MR) is 80.8 cm³/mol. The quantitative estimate of drug-likeness (QED) is 0.861. The highest BCUT2D eigenvalue weighted by atomic mass is 16.4. The first-order chi connectivity index (χ1) is 10.5. The fraction of sp³-hybridized carbons (Fsp3) is 0.188. The molecule has 0 aliphatic heterocycles. The minimum atomic E-state index is -1.01. The molecule has 0 aliphatic carbocycles. The molecule has 1 amide bonds. The molecule has 0 radical (unpaired) electrons. The Morgan fingerprint density at radius 3 is 2.45 bits per heavy atom. The van der Waals surface area contributed by atoms with Gasteiger partial charge in [-0.3, -0.25) is 14.4 Å². The van der Waals surface area contributed by atoms with Crippen molar-refractivity contribution in [3.05, 3.63) is 70.1 Å². The minimum absolute atomic E-state index is 0.0268. The molecule has 1 aromatic carbocycles. The van der Waals surface area contributed by atoms with Crippen LogP contribution in [0.2, 0.25) is 0 Å². The summed E-state index contributed by atoms with van der Waals surface area (Å²) in [5.74, 6) is -2.25. The summed E-state index contributed by atoms with van der Waals surface area (Å²) in [6, 6.07) is 11.4. The van der Waals surface area contributed by atoms with Crippen molar-refractivity contribution >= 4 is 11.9 Å². The van der Waals surface area contributed by atoms with Crippen LogP contribution in [-0.2, 0) is 11.8 Å². The van der Waals surface area contributed by atoms with Crippen molar-refractivity contribution in [3.8, 4) is 0 Å². The van der Waals surface area contributed by atoms with Crippen LogP contribution in [0.25, 0.3) is 0 Å². The summed E-state index contributed by atoms with van der Waals surface area (Å²) in [6.45, 7) is -0.0268. The largest absolute Gasteiger partial charge is 0.481 e. The van der Waals surface area contributed by atoms with E-state index in [1.807, 2.05) is 0 Å². The number of amides is 1. The first-order valence-corrected chi connectivity index (χ1v) is 6.71. The molecule has 0 saturated heterocycles. The van der Waals surface area contributed by atoms with Gasteiger partial charge in [0.2, 0.25) is 5.56 Å². The average Bonchev–Trinajstić information content (AvgIpc) is 2.50. The minimum Gasteiger partial charge on any atom is -0.481 e. The zero-order chi connectivity index (χ0) is 16.1. The van der Waals surface area contributed by atoms with Crippen LogP contribution in [0.4, 0.5) is 0 Å². The smallest absolute Gasteiger partial charge is 0.312 e. The van der Waals surface area contributed by atoms with E-state index in [4.69, 9.17) is 0 Å². The Hall–Kier alpha value is -2.89. The summed E-state index contributed by atoms with van der Waals surface area (Å²) in [7, 11) is 1.54. The zero-order valence-electron chi connectivity index (χ0n) is 12.0. The molecule has 2 N–H and O–H groups in total. The van der Waals surface area contributed by atoms with E-state index in [-0.39, 0.29) is 12.1 Å². The highest BCUT2D eigenvalue weighted by Gasteiger charge is 2.20. The molecule has 0 spiro atoms. The number of aliphatic carboxylic acids is 1. The Kier molecular flexibility index (Phi) is 4.73. The van der Waals surface area contributed by atoms with Crippen LogP contribution in [0.3, 0.4) is 0 Å². The van der Waals surface area contributed by atoms with E-state index in [0.717, 1.165) is 0 Å². The molecule has 1 aromatic heterocycles. The van der Waals surface area contributed by atoms with Crippen LogP contribution >= 0.6 is 0 Å². The topological polar surface area (TPSA) is 88.4 Å². The normalized spacial score (nSPS) is 11.7. The van der Waals surface area contributed by atoms with E-state index in [0.29, 0.717) is 11.1 Å². The third-order valence-corrected chi connectivity index (χ3v) is 3.31. The molecule has 22 heavy (non-hydrogen) atoms. The van der Waals surface area contributed by atoms with Crippen molar-refractivity contribution in [1.29, 1.82) is 0 Å². The number of carbonyl (C=O) groups excluding carboxylic acids is 1. The van der Waals surface area contributed by atoms with Gasteiger partial charge >= 0.3 is 5.97 Å². The van der Waals surface area contributed by atoms with E-state index in [9.17, 15) is 19.5 Å². The zero-order valence-corrected chi connectivity index (χ0v) is 12.0. The standard InChI is InChI=1S/C16H16N2O4/c1-18-10-12(7-8-14(18)19)15(20)17-9-13(16(21)22)11-5-3-2-4-6-11/h2-8,10,13H,9H2,1H3,(H,17,20)(H,21,22). The van der Waals surface area contributed by atoms with Crippen LogP contribution in [0.15, 0.2) is 53.5 Å². The van der Waals surface area contributed by atoms with Gasteiger partial charge in [-0.25, -0.2) is 0 Å². The van der Waals surface area contributed by atoms with Gasteiger partial charge in [-0.05, 0) is 11.6 Å². The van der Waals surface area contributed by atoms with E-state index in [1.54, 1.807) is 37.4 Å². The Bertz CT molecular complexity index is 737. The van der Waals surface area contributed by atoms with Crippen LogP contribution in [-0.4, -0.2) is 28.1 Å². The molecule has 6 heteroatoms. The highest BCUT2D eigenvalue weighted by molar-refractivity contribution is 5.94. The van der Waals surface area contributed by atoms with E-state index in [2.05, 4.69) is 5.32 Å². The molecular formula is C16H16N2O4. The lowest BCUT2D eigenvalue weighted by atomic mass is 9.99. The molecule has 1 atom stereocenters. The van der Waals surface area contributed by atoms with Gasteiger partial charge in [0.15, 0.2) is 0 Å². The number of pyridine rings is 1. The number of nitrogens with one attached hydrogen (secondary N) is 1. The van der Waals surface area contributed by atoms with Gasteiger partial charge in [-0.1, -0.05) is 30.3 Å². The maximum absolute atomic E-state index is 12.0. The lowest BCUT2D eigenvalue weighted by Gasteiger charge is -2.14. The molecule has 114 valence electrons. The maximum Gasteiger partial charge on any atom is 0.312 e. The van der Waals surface area contributed by atoms with Gasteiger partial charge in [-0.15, -0.1) is 0 Å². The van der Waals surface area contributed by atoms with Crippen molar-refractivity contribution in [2.75, 3.05) is 6.54 Å². The number of carbonyl (C=O) groups is 2. The van der Waals surface area contributed by atoms with Crippen molar-refractivity contribution < 1.29 is 14.7 Å². The number of aryl methyl sites for hydroxylation is 1. The Balaban J connectivity index is 2.09. The van der Waals surface area contributed by atoms with Gasteiger partial charge in [0.25, 0.3) is 5.91 Å². The molecule has 1 unspecified atom stereocenters. The predicted octanol–water partition coefficient (Wildman–Crippen LogP) is 0.983. The van der Waals surface area contributed by atoms with Gasteiger partial charge in [0.1, 0.15) is 0 Å². The fourth-order valence-electron chi connectivity index (χ4n) is 2.06. The lowest BCUT2D eigenvalue weighted by molar-refractivity contribution is -0.138. The third kappa shape index (κ3) is 3.60. The molecule has 0 bridgehead atoms.